The number of anilines is 1. The van der Waals surface area contributed by atoms with Gasteiger partial charge in [0.25, 0.3) is 5.91 Å². The molecule has 4 rings (SSSR count). The highest BCUT2D eigenvalue weighted by Crippen LogP contribution is 2.34. The predicted molar refractivity (Wildman–Crippen MR) is 140 cm³/mol. The van der Waals surface area contributed by atoms with E-state index < -0.39 is 5.54 Å². The summed E-state index contributed by atoms with van der Waals surface area (Å²) >= 11 is 5.71. The first kappa shape index (κ1) is 23.5. The Morgan fingerprint density at radius 1 is 1.00 bits per heavy atom. The fourth-order valence-corrected chi connectivity index (χ4v) is 4.64. The lowest BCUT2D eigenvalue weighted by atomic mass is 10.0. The molecule has 0 saturated carbocycles. The molecule has 0 atom stereocenters. The molecule has 0 aromatic heterocycles. The largest absolute Gasteiger partial charge is 0.494 e. The van der Waals surface area contributed by atoms with Crippen LogP contribution in [0.2, 0.25) is 0 Å². The van der Waals surface area contributed by atoms with Crippen LogP contribution < -0.4 is 9.64 Å². The van der Waals surface area contributed by atoms with E-state index in [1.54, 1.807) is 17.0 Å². The quantitative estimate of drug-likeness (QED) is 0.228. The van der Waals surface area contributed by atoms with Crippen molar-refractivity contribution in [3.63, 3.8) is 0 Å². The monoisotopic (exact) mass is 469 g/mol. The highest BCUT2D eigenvalue weighted by molar-refractivity contribution is 7.80. The summed E-state index contributed by atoms with van der Waals surface area (Å²) in [5, 5.41) is 0.483. The van der Waals surface area contributed by atoms with Crippen LogP contribution in [0.5, 0.6) is 5.75 Å². The zero-order chi connectivity index (χ0) is 24.3. The van der Waals surface area contributed by atoms with Crippen molar-refractivity contribution in [2.45, 2.75) is 32.7 Å². The van der Waals surface area contributed by atoms with Gasteiger partial charge in [0.1, 0.15) is 11.3 Å². The minimum atomic E-state index is -0.749. The van der Waals surface area contributed by atoms with Crippen LogP contribution in [0.15, 0.2) is 72.8 Å². The molecule has 0 aliphatic carbocycles. The predicted octanol–water partition coefficient (Wildman–Crippen LogP) is 6.39. The summed E-state index contributed by atoms with van der Waals surface area (Å²) in [5.41, 5.74) is 3.67. The van der Waals surface area contributed by atoms with E-state index in [1.165, 1.54) is 5.56 Å². The highest BCUT2D eigenvalue weighted by atomic mass is 32.1. The number of amides is 1. The first-order valence-electron chi connectivity index (χ1n) is 11.3. The number of hydrogen-bond donors (Lipinski definition) is 0. The van der Waals surface area contributed by atoms with Crippen molar-refractivity contribution in [2.24, 2.45) is 0 Å². The van der Waals surface area contributed by atoms with E-state index in [2.05, 4.69) is 29.1 Å². The van der Waals surface area contributed by atoms with E-state index in [0.29, 0.717) is 29.6 Å². The smallest absolute Gasteiger partial charge is 0.258 e. The molecule has 1 heterocycles. The first-order valence-corrected chi connectivity index (χ1v) is 11.7. The normalized spacial score (nSPS) is 14.9. The van der Waals surface area contributed by atoms with Crippen molar-refractivity contribution in [1.82, 2.24) is 4.90 Å². The Kier molecular flexibility index (Phi) is 6.67. The number of ether oxygens (including phenoxy) is 1. The van der Waals surface area contributed by atoms with E-state index in [-0.39, 0.29) is 5.91 Å². The van der Waals surface area contributed by atoms with Crippen molar-refractivity contribution >= 4 is 34.6 Å². The van der Waals surface area contributed by atoms with Gasteiger partial charge in [-0.25, -0.2) is 4.85 Å². The lowest BCUT2D eigenvalue weighted by Crippen LogP contribution is -2.44. The number of hydrogen-bond acceptors (Lipinski definition) is 3. The minimum absolute atomic E-state index is 0.0649. The Morgan fingerprint density at radius 2 is 1.68 bits per heavy atom. The molecule has 1 amide bonds. The van der Waals surface area contributed by atoms with Crippen LogP contribution in [0.4, 0.5) is 11.4 Å². The molecule has 0 unspecified atom stereocenters. The van der Waals surface area contributed by atoms with Crippen LogP contribution >= 0.6 is 12.2 Å². The topological polar surface area (TPSA) is 37.1 Å². The molecule has 5 nitrogen and oxygen atoms in total. The maximum Gasteiger partial charge on any atom is 0.258 e. The highest BCUT2D eigenvalue weighted by Gasteiger charge is 2.49. The third kappa shape index (κ3) is 4.52. The summed E-state index contributed by atoms with van der Waals surface area (Å²) in [6.07, 6.45) is 0.723. The molecule has 34 heavy (non-hydrogen) atoms. The van der Waals surface area contributed by atoms with Gasteiger partial charge >= 0.3 is 0 Å². The molecule has 0 N–H and O–H groups in total. The Balaban J connectivity index is 1.37. The molecule has 1 saturated heterocycles. The Hall–Kier alpha value is -3.69. The van der Waals surface area contributed by atoms with E-state index in [0.717, 1.165) is 23.3 Å². The summed E-state index contributed by atoms with van der Waals surface area (Å²) in [4.78, 5) is 20.3. The molecule has 1 aliphatic heterocycles. The molecular formula is C28H27N3O2S. The maximum absolute atomic E-state index is 13.2. The fraction of sp³-hybridized carbons (Fsp3) is 0.250. The van der Waals surface area contributed by atoms with Gasteiger partial charge in [-0.15, -0.1) is 0 Å². The van der Waals surface area contributed by atoms with Gasteiger partial charge in [0.2, 0.25) is 0 Å². The zero-order valence-corrected chi connectivity index (χ0v) is 20.4. The number of carbonyl (C=O) groups excluding carboxylic acids is 1. The SMILES string of the molecule is [C-]#[N+]c1ccc(N2C(=O)C(C)(C)N(CCCOc3ccc(-c4ccccc4)cc3)C2=S)cc1C. The summed E-state index contributed by atoms with van der Waals surface area (Å²) in [6, 6.07) is 23.7. The van der Waals surface area contributed by atoms with Crippen molar-refractivity contribution in [3.8, 4) is 16.9 Å². The van der Waals surface area contributed by atoms with Gasteiger partial charge in [-0.1, -0.05) is 48.5 Å². The zero-order valence-electron chi connectivity index (χ0n) is 19.6. The Bertz CT molecular complexity index is 1250. The third-order valence-corrected chi connectivity index (χ3v) is 6.54. The fourth-order valence-electron chi connectivity index (χ4n) is 4.13. The summed E-state index contributed by atoms with van der Waals surface area (Å²) in [6.45, 7) is 14.0. The second-order valence-electron chi connectivity index (χ2n) is 8.81. The number of rotatable bonds is 7. The number of aryl methyl sites for hydroxylation is 1. The van der Waals surface area contributed by atoms with Crippen LogP contribution in [0.25, 0.3) is 16.0 Å². The van der Waals surface area contributed by atoms with Crippen LogP contribution in [0.1, 0.15) is 25.8 Å². The summed E-state index contributed by atoms with van der Waals surface area (Å²) < 4.78 is 5.94. The van der Waals surface area contributed by atoms with E-state index in [1.807, 2.05) is 62.1 Å². The number of carbonyl (C=O) groups is 1. The van der Waals surface area contributed by atoms with Crippen LogP contribution in [0, 0.1) is 13.5 Å². The number of benzene rings is 3. The molecule has 6 heteroatoms. The van der Waals surface area contributed by atoms with Crippen LogP contribution in [0.3, 0.4) is 0 Å². The average Bonchev–Trinajstić information content (AvgIpc) is 3.01. The lowest BCUT2D eigenvalue weighted by molar-refractivity contribution is -0.123. The van der Waals surface area contributed by atoms with Gasteiger partial charge in [0.05, 0.1) is 13.2 Å². The Morgan fingerprint density at radius 3 is 2.32 bits per heavy atom. The minimum Gasteiger partial charge on any atom is -0.494 e. The molecule has 1 fully saturated rings. The Labute approximate surface area is 206 Å². The number of nitrogens with zero attached hydrogens (tertiary/aromatic N) is 3. The van der Waals surface area contributed by atoms with Gasteiger partial charge < -0.3 is 9.64 Å². The van der Waals surface area contributed by atoms with Crippen molar-refractivity contribution in [2.75, 3.05) is 18.1 Å². The van der Waals surface area contributed by atoms with Gasteiger partial charge in [-0.3, -0.25) is 9.69 Å². The van der Waals surface area contributed by atoms with Gasteiger partial charge in [0.15, 0.2) is 10.8 Å². The second kappa shape index (κ2) is 9.66. The van der Waals surface area contributed by atoms with E-state index in [4.69, 9.17) is 23.5 Å². The van der Waals surface area contributed by atoms with Crippen molar-refractivity contribution < 1.29 is 9.53 Å². The molecule has 3 aromatic rings. The second-order valence-corrected chi connectivity index (χ2v) is 9.17. The molecule has 0 radical (unpaired) electrons. The van der Waals surface area contributed by atoms with Crippen molar-refractivity contribution in [3.05, 3.63) is 89.8 Å². The third-order valence-electron chi connectivity index (χ3n) is 6.14. The first-order chi connectivity index (χ1) is 16.3. The van der Waals surface area contributed by atoms with Gasteiger partial charge in [-0.05, 0) is 80.4 Å². The molecule has 0 spiro atoms. The standard InChI is InChI=1S/C28H27N3O2S/c1-20-19-23(13-16-25(20)29-4)31-26(32)28(2,3)30(27(31)34)17-8-18-33-24-14-11-22(12-15-24)21-9-6-5-7-10-21/h5-7,9-16,19H,8,17-18H2,1-3H3. The molecule has 0 bridgehead atoms. The van der Waals surface area contributed by atoms with E-state index >= 15 is 0 Å². The van der Waals surface area contributed by atoms with Crippen LogP contribution in [-0.4, -0.2) is 34.6 Å². The average molecular weight is 470 g/mol. The van der Waals surface area contributed by atoms with Gasteiger partial charge in [0, 0.05) is 12.2 Å². The maximum atomic E-state index is 13.2. The molecule has 1 aliphatic rings. The van der Waals surface area contributed by atoms with Gasteiger partial charge in [-0.2, -0.15) is 0 Å². The lowest BCUT2D eigenvalue weighted by Gasteiger charge is -2.29. The molecular weight excluding hydrogens is 442 g/mol. The van der Waals surface area contributed by atoms with Crippen LogP contribution in [-0.2, 0) is 4.79 Å². The molecule has 3 aromatic carbocycles. The van der Waals surface area contributed by atoms with Crippen molar-refractivity contribution in [1.29, 1.82) is 0 Å². The molecule has 172 valence electrons. The number of thiocarbonyl (C=S) groups is 1. The van der Waals surface area contributed by atoms with E-state index in [9.17, 15) is 4.79 Å². The summed E-state index contributed by atoms with van der Waals surface area (Å²) in [7, 11) is 0. The summed E-state index contributed by atoms with van der Waals surface area (Å²) in [5.74, 6) is 0.751.